The van der Waals surface area contributed by atoms with E-state index in [0.29, 0.717) is 0 Å². The number of para-hydroxylation sites is 1. The molecule has 1 aromatic heterocycles. The number of H-pyrrole nitrogens is 1. The van der Waals surface area contributed by atoms with E-state index < -0.39 is 10.0 Å². The first kappa shape index (κ1) is 13.5. The Bertz CT molecular complexity index is 713. The van der Waals surface area contributed by atoms with Crippen molar-refractivity contribution in [3.8, 4) is 0 Å². The van der Waals surface area contributed by atoms with Gasteiger partial charge < -0.3 is 4.98 Å². The molecule has 1 N–H and O–H groups in total. The third-order valence-electron chi connectivity index (χ3n) is 3.47. The average molecular weight is 309 g/mol. The van der Waals surface area contributed by atoms with Crippen LogP contribution in [-0.2, 0) is 10.0 Å². The van der Waals surface area contributed by atoms with Crippen LogP contribution in [0.1, 0.15) is 13.8 Å². The van der Waals surface area contributed by atoms with Crippen LogP contribution in [-0.4, -0.2) is 29.7 Å². The molecule has 2 aromatic rings. The second kappa shape index (κ2) is 4.82. The molecule has 2 heterocycles. The predicted octanol–water partition coefficient (Wildman–Crippen LogP) is 2.49. The maximum Gasteiger partial charge on any atom is 0.281 e. The third-order valence-corrected chi connectivity index (χ3v) is 6.67. The number of anilines is 1. The third kappa shape index (κ3) is 2.01. The topological polar surface area (TPSA) is 66.1 Å². The highest BCUT2D eigenvalue weighted by Crippen LogP contribution is 2.43. The van der Waals surface area contributed by atoms with Gasteiger partial charge in [-0.15, -0.1) is 11.8 Å². The van der Waals surface area contributed by atoms with Crippen LogP contribution in [0.25, 0.3) is 0 Å². The number of aromatic nitrogens is 2. The summed E-state index contributed by atoms with van der Waals surface area (Å²) in [6, 6.07) is 7.46. The molecule has 106 valence electrons. The Labute approximate surface area is 122 Å². The lowest BCUT2D eigenvalue weighted by atomic mass is 10.2. The predicted molar refractivity (Wildman–Crippen MR) is 79.5 cm³/mol. The van der Waals surface area contributed by atoms with E-state index in [1.165, 1.54) is 16.8 Å². The number of hydrogen-bond donors (Lipinski definition) is 1. The summed E-state index contributed by atoms with van der Waals surface area (Å²) in [6.45, 7) is 3.97. The molecule has 0 unspecified atom stereocenters. The van der Waals surface area contributed by atoms with Gasteiger partial charge in [0, 0.05) is 10.1 Å². The van der Waals surface area contributed by atoms with Crippen molar-refractivity contribution in [3.63, 3.8) is 0 Å². The number of rotatable bonds is 2. The molecular weight excluding hydrogens is 294 g/mol. The van der Waals surface area contributed by atoms with E-state index in [4.69, 9.17) is 0 Å². The maximum atomic E-state index is 12.8. The molecule has 2 atom stereocenters. The van der Waals surface area contributed by atoms with Crippen molar-refractivity contribution >= 4 is 27.5 Å². The highest BCUT2D eigenvalue weighted by atomic mass is 32.2. The van der Waals surface area contributed by atoms with Gasteiger partial charge in [0.25, 0.3) is 10.0 Å². The molecule has 20 heavy (non-hydrogen) atoms. The number of imidazole rings is 1. The van der Waals surface area contributed by atoms with Crippen molar-refractivity contribution in [2.24, 2.45) is 0 Å². The van der Waals surface area contributed by atoms with Gasteiger partial charge in [-0.05, 0) is 19.1 Å². The number of benzene rings is 1. The monoisotopic (exact) mass is 309 g/mol. The van der Waals surface area contributed by atoms with E-state index in [1.807, 2.05) is 38.1 Å². The Balaban J connectivity index is 2.17. The number of aromatic amines is 1. The molecule has 0 bridgehead atoms. The minimum absolute atomic E-state index is 0.122. The second-order valence-electron chi connectivity index (χ2n) is 4.75. The molecule has 3 rings (SSSR count). The molecule has 7 heteroatoms. The van der Waals surface area contributed by atoms with Crippen molar-refractivity contribution in [2.45, 2.75) is 35.1 Å². The Morgan fingerprint density at radius 1 is 1.30 bits per heavy atom. The summed E-state index contributed by atoms with van der Waals surface area (Å²) in [6.07, 6.45) is 2.72. The smallest absolute Gasteiger partial charge is 0.281 e. The van der Waals surface area contributed by atoms with Crippen molar-refractivity contribution in [1.29, 1.82) is 0 Å². The summed E-state index contributed by atoms with van der Waals surface area (Å²) >= 11 is 1.71. The van der Waals surface area contributed by atoms with Gasteiger partial charge in [0.15, 0.2) is 5.03 Å². The van der Waals surface area contributed by atoms with E-state index >= 15 is 0 Å². The summed E-state index contributed by atoms with van der Waals surface area (Å²) in [5.74, 6) is 0. The molecular formula is C13H15N3O2S2. The number of fused-ring (bicyclic) bond motifs is 1. The number of sulfonamides is 1. The van der Waals surface area contributed by atoms with Crippen molar-refractivity contribution in [1.82, 2.24) is 9.97 Å². The number of thioether (sulfide) groups is 1. The zero-order valence-electron chi connectivity index (χ0n) is 11.1. The number of nitrogens with one attached hydrogen (secondary N) is 1. The van der Waals surface area contributed by atoms with E-state index in [0.717, 1.165) is 10.6 Å². The van der Waals surface area contributed by atoms with Crippen molar-refractivity contribution in [2.75, 3.05) is 4.31 Å². The highest BCUT2D eigenvalue weighted by molar-refractivity contribution is 8.00. The molecule has 0 saturated carbocycles. The minimum Gasteiger partial charge on any atom is -0.334 e. The molecule has 1 aliphatic heterocycles. The molecule has 0 amide bonds. The van der Waals surface area contributed by atoms with Gasteiger partial charge >= 0.3 is 0 Å². The van der Waals surface area contributed by atoms with Gasteiger partial charge in [0.05, 0.1) is 24.3 Å². The Morgan fingerprint density at radius 3 is 2.75 bits per heavy atom. The summed E-state index contributed by atoms with van der Waals surface area (Å²) in [4.78, 5) is 7.50. The van der Waals surface area contributed by atoms with Gasteiger partial charge in [0.1, 0.15) is 0 Å². The van der Waals surface area contributed by atoms with Crippen LogP contribution in [0.4, 0.5) is 5.69 Å². The van der Waals surface area contributed by atoms with Crippen LogP contribution in [0.5, 0.6) is 0 Å². The Morgan fingerprint density at radius 2 is 2.05 bits per heavy atom. The first-order chi connectivity index (χ1) is 9.51. The molecule has 0 radical (unpaired) electrons. The molecule has 0 saturated heterocycles. The van der Waals surface area contributed by atoms with Gasteiger partial charge in [-0.1, -0.05) is 19.1 Å². The van der Waals surface area contributed by atoms with Crippen LogP contribution in [0.15, 0.2) is 46.7 Å². The first-order valence-electron chi connectivity index (χ1n) is 6.30. The zero-order chi connectivity index (χ0) is 14.3. The Kier molecular flexibility index (Phi) is 3.25. The molecule has 0 fully saturated rings. The van der Waals surface area contributed by atoms with Crippen molar-refractivity contribution < 1.29 is 8.42 Å². The molecule has 0 aliphatic carbocycles. The quantitative estimate of drug-likeness (QED) is 0.925. The van der Waals surface area contributed by atoms with Crippen LogP contribution >= 0.6 is 11.8 Å². The summed E-state index contributed by atoms with van der Waals surface area (Å²) in [7, 11) is -3.61. The van der Waals surface area contributed by atoms with Crippen LogP contribution in [0.2, 0.25) is 0 Å². The lowest BCUT2D eigenvalue weighted by Crippen LogP contribution is -2.46. The molecule has 5 nitrogen and oxygen atoms in total. The lowest BCUT2D eigenvalue weighted by Gasteiger charge is -2.38. The molecule has 1 aliphatic rings. The zero-order valence-corrected chi connectivity index (χ0v) is 12.8. The van der Waals surface area contributed by atoms with E-state index in [9.17, 15) is 8.42 Å². The van der Waals surface area contributed by atoms with Crippen LogP contribution in [0, 0.1) is 0 Å². The lowest BCUT2D eigenvalue weighted by molar-refractivity contribution is 0.573. The SMILES string of the molecule is C[C@@H]1Sc2ccccc2N(S(=O)(=O)c2cnc[nH]2)[C@H]1C. The normalized spacial score (nSPS) is 22.6. The van der Waals surface area contributed by atoms with Gasteiger partial charge in [-0.2, -0.15) is 8.42 Å². The fraction of sp³-hybridized carbons (Fsp3) is 0.308. The highest BCUT2D eigenvalue weighted by Gasteiger charge is 2.38. The van der Waals surface area contributed by atoms with Crippen LogP contribution in [0.3, 0.4) is 0 Å². The van der Waals surface area contributed by atoms with Gasteiger partial charge in [0.2, 0.25) is 0 Å². The summed E-state index contributed by atoms with van der Waals surface area (Å²) < 4.78 is 27.1. The van der Waals surface area contributed by atoms with E-state index in [2.05, 4.69) is 9.97 Å². The second-order valence-corrected chi connectivity index (χ2v) is 7.95. The van der Waals surface area contributed by atoms with Gasteiger partial charge in [-0.25, -0.2) is 4.98 Å². The number of hydrogen-bond acceptors (Lipinski definition) is 4. The van der Waals surface area contributed by atoms with Crippen LogP contribution < -0.4 is 4.31 Å². The van der Waals surface area contributed by atoms with E-state index in [-0.39, 0.29) is 16.3 Å². The number of nitrogens with zero attached hydrogens (tertiary/aromatic N) is 2. The standard InChI is InChI=1S/C13H15N3O2S2/c1-9-10(2)19-12-6-4-3-5-11(12)16(9)20(17,18)13-7-14-8-15-13/h3-10H,1-2H3,(H,14,15)/t9-,10-/m0/s1. The summed E-state index contributed by atoms with van der Waals surface area (Å²) in [5.41, 5.74) is 0.734. The largest absolute Gasteiger partial charge is 0.334 e. The average Bonchev–Trinajstić information content (AvgIpc) is 2.94. The summed E-state index contributed by atoms with van der Waals surface area (Å²) in [5, 5.41) is 0.306. The fourth-order valence-electron chi connectivity index (χ4n) is 2.29. The fourth-order valence-corrected chi connectivity index (χ4v) is 5.23. The van der Waals surface area contributed by atoms with Gasteiger partial charge in [-0.3, -0.25) is 4.31 Å². The molecule has 0 spiro atoms. The Hall–Kier alpha value is -1.47. The maximum absolute atomic E-state index is 12.8. The van der Waals surface area contributed by atoms with E-state index in [1.54, 1.807) is 11.8 Å². The first-order valence-corrected chi connectivity index (χ1v) is 8.62. The minimum atomic E-state index is -3.61. The molecule has 1 aromatic carbocycles. The van der Waals surface area contributed by atoms with Crippen molar-refractivity contribution in [3.05, 3.63) is 36.8 Å².